The van der Waals surface area contributed by atoms with E-state index in [2.05, 4.69) is 16.2 Å². The molecule has 10 nitrogen and oxygen atoms in total. The van der Waals surface area contributed by atoms with Crippen LogP contribution in [-0.4, -0.2) is 35.8 Å². The van der Waals surface area contributed by atoms with Gasteiger partial charge in [-0.05, 0) is 30.2 Å². The van der Waals surface area contributed by atoms with Gasteiger partial charge in [-0.2, -0.15) is 0 Å². The van der Waals surface area contributed by atoms with E-state index in [1.807, 2.05) is 0 Å². The highest BCUT2D eigenvalue weighted by molar-refractivity contribution is 6.00. The maximum Gasteiger partial charge on any atom is 0.269 e. The van der Waals surface area contributed by atoms with Crippen LogP contribution in [0.4, 0.5) is 5.69 Å². The lowest BCUT2D eigenvalue weighted by Crippen LogP contribution is -2.54. The first kappa shape index (κ1) is 22.3. The summed E-state index contributed by atoms with van der Waals surface area (Å²) in [7, 11) is 1.44. The molecule has 3 N–H and O–H groups in total. The Hall–Kier alpha value is -3.95. The Morgan fingerprint density at radius 3 is 2.17 bits per heavy atom. The molecule has 0 aromatic heterocycles. The molecular formula is C20H22N4O6. The average Bonchev–Trinajstić information content (AvgIpc) is 2.75. The lowest BCUT2D eigenvalue weighted by Gasteiger charge is -2.22. The van der Waals surface area contributed by atoms with Gasteiger partial charge in [-0.15, -0.1) is 0 Å². The molecule has 0 saturated carbocycles. The summed E-state index contributed by atoms with van der Waals surface area (Å²) in [6.45, 7) is 3.48. The fourth-order valence-corrected chi connectivity index (χ4v) is 2.59. The number of non-ortho nitro benzene ring substituents is 1. The molecule has 0 spiro atoms. The third kappa shape index (κ3) is 5.53. The molecule has 158 valence electrons. The predicted octanol–water partition coefficient (Wildman–Crippen LogP) is 1.82. The number of para-hydroxylation sites is 1. The van der Waals surface area contributed by atoms with E-state index in [-0.39, 0.29) is 22.7 Å². The zero-order chi connectivity index (χ0) is 22.3. The summed E-state index contributed by atoms with van der Waals surface area (Å²) in [4.78, 5) is 47.3. The van der Waals surface area contributed by atoms with Crippen LogP contribution >= 0.6 is 0 Å². The number of methoxy groups -OCH3 is 1. The first-order chi connectivity index (χ1) is 14.2. The smallest absolute Gasteiger partial charge is 0.269 e. The first-order valence-electron chi connectivity index (χ1n) is 9.03. The van der Waals surface area contributed by atoms with Gasteiger partial charge in [-0.3, -0.25) is 35.3 Å². The highest BCUT2D eigenvalue weighted by Gasteiger charge is 2.26. The number of rotatable bonds is 7. The van der Waals surface area contributed by atoms with E-state index >= 15 is 0 Å². The van der Waals surface area contributed by atoms with Crippen LogP contribution in [-0.2, 0) is 4.79 Å². The van der Waals surface area contributed by atoms with Gasteiger partial charge in [-0.25, -0.2) is 0 Å². The highest BCUT2D eigenvalue weighted by Crippen LogP contribution is 2.17. The molecular weight excluding hydrogens is 392 g/mol. The van der Waals surface area contributed by atoms with Gasteiger partial charge >= 0.3 is 0 Å². The number of benzene rings is 2. The molecule has 0 radical (unpaired) electrons. The Morgan fingerprint density at radius 2 is 1.60 bits per heavy atom. The van der Waals surface area contributed by atoms with Crippen molar-refractivity contribution in [2.45, 2.75) is 19.9 Å². The molecule has 0 unspecified atom stereocenters. The average molecular weight is 414 g/mol. The van der Waals surface area contributed by atoms with Crippen molar-refractivity contribution in [3.05, 3.63) is 69.8 Å². The third-order valence-corrected chi connectivity index (χ3v) is 4.23. The van der Waals surface area contributed by atoms with Gasteiger partial charge in [0.25, 0.3) is 23.4 Å². The summed E-state index contributed by atoms with van der Waals surface area (Å²) in [5.74, 6) is -1.69. The molecule has 0 saturated heterocycles. The van der Waals surface area contributed by atoms with E-state index in [0.29, 0.717) is 5.75 Å². The maximum absolute atomic E-state index is 12.6. The fraction of sp³-hybridized carbons (Fsp3) is 0.250. The molecule has 0 aliphatic heterocycles. The lowest BCUT2D eigenvalue weighted by molar-refractivity contribution is -0.384. The molecule has 0 aliphatic rings. The molecule has 30 heavy (non-hydrogen) atoms. The van der Waals surface area contributed by atoms with Crippen LogP contribution in [0.25, 0.3) is 0 Å². The summed E-state index contributed by atoms with van der Waals surface area (Å²) in [5, 5.41) is 13.3. The second-order valence-electron chi connectivity index (χ2n) is 6.64. The Bertz CT molecular complexity index is 943. The normalized spacial score (nSPS) is 11.3. The highest BCUT2D eigenvalue weighted by atomic mass is 16.6. The van der Waals surface area contributed by atoms with Gasteiger partial charge in [0.15, 0.2) is 0 Å². The summed E-state index contributed by atoms with van der Waals surface area (Å²) in [5.41, 5.74) is 4.74. The van der Waals surface area contributed by atoms with Crippen molar-refractivity contribution in [3.63, 3.8) is 0 Å². The van der Waals surface area contributed by atoms with Crippen molar-refractivity contribution >= 4 is 23.4 Å². The number of nitro groups is 1. The number of ether oxygens (including phenoxy) is 1. The minimum atomic E-state index is -0.931. The molecule has 0 heterocycles. The molecule has 0 aliphatic carbocycles. The van der Waals surface area contributed by atoms with Crippen molar-refractivity contribution in [1.29, 1.82) is 0 Å². The van der Waals surface area contributed by atoms with Crippen molar-refractivity contribution in [2.24, 2.45) is 5.92 Å². The zero-order valence-electron chi connectivity index (χ0n) is 16.7. The molecule has 1 atom stereocenters. The topological polar surface area (TPSA) is 140 Å². The van der Waals surface area contributed by atoms with Crippen LogP contribution < -0.4 is 20.9 Å². The van der Waals surface area contributed by atoms with Crippen molar-refractivity contribution in [1.82, 2.24) is 16.2 Å². The largest absolute Gasteiger partial charge is 0.496 e. The van der Waals surface area contributed by atoms with Crippen LogP contribution in [0.3, 0.4) is 0 Å². The van der Waals surface area contributed by atoms with E-state index in [9.17, 15) is 24.5 Å². The molecule has 2 rings (SSSR count). The number of carbonyl (C=O) groups excluding carboxylic acids is 3. The maximum atomic E-state index is 12.6. The van der Waals surface area contributed by atoms with Gasteiger partial charge in [-0.1, -0.05) is 26.0 Å². The van der Waals surface area contributed by atoms with E-state index in [0.717, 1.165) is 0 Å². The third-order valence-electron chi connectivity index (χ3n) is 4.23. The number of amides is 3. The molecule has 0 bridgehead atoms. The summed E-state index contributed by atoms with van der Waals surface area (Å²) in [6.07, 6.45) is 0. The molecule has 3 amide bonds. The Balaban J connectivity index is 2.02. The van der Waals surface area contributed by atoms with Crippen molar-refractivity contribution < 1.29 is 24.0 Å². The Labute approximate surface area is 172 Å². The number of hydrazine groups is 1. The van der Waals surface area contributed by atoms with Crippen LogP contribution in [0.15, 0.2) is 48.5 Å². The van der Waals surface area contributed by atoms with Gasteiger partial charge in [0, 0.05) is 17.7 Å². The molecule has 10 heteroatoms. The Morgan fingerprint density at radius 1 is 0.967 bits per heavy atom. The molecule has 2 aromatic carbocycles. The second kappa shape index (κ2) is 10.0. The standard InChI is InChI=1S/C20H22N4O6/c1-12(2)17(21-19(26)15-6-4-5-7-16(15)30-3)20(27)23-22-18(25)13-8-10-14(11-9-13)24(28)29/h4-12,17H,1-3H3,(H,21,26)(H,22,25)(H,23,27)/t17-/m0/s1. The molecule has 0 fully saturated rings. The minimum Gasteiger partial charge on any atom is -0.496 e. The van der Waals surface area contributed by atoms with Gasteiger partial charge in [0.2, 0.25) is 0 Å². The minimum absolute atomic E-state index is 0.125. The van der Waals surface area contributed by atoms with Crippen molar-refractivity contribution in [3.8, 4) is 5.75 Å². The number of nitrogens with zero attached hydrogens (tertiary/aromatic N) is 1. The van der Waals surface area contributed by atoms with Gasteiger partial charge in [0.1, 0.15) is 11.8 Å². The van der Waals surface area contributed by atoms with Crippen molar-refractivity contribution in [2.75, 3.05) is 7.11 Å². The van der Waals surface area contributed by atoms with E-state index in [1.54, 1.807) is 38.1 Å². The predicted molar refractivity (Wildman–Crippen MR) is 108 cm³/mol. The number of hydrogen-bond acceptors (Lipinski definition) is 6. The van der Waals surface area contributed by atoms with Gasteiger partial charge in [0.05, 0.1) is 17.6 Å². The summed E-state index contributed by atoms with van der Waals surface area (Å²) < 4.78 is 5.16. The van der Waals surface area contributed by atoms with Crippen LogP contribution in [0.5, 0.6) is 5.75 Å². The fourth-order valence-electron chi connectivity index (χ4n) is 2.59. The second-order valence-corrected chi connectivity index (χ2v) is 6.64. The SMILES string of the molecule is COc1ccccc1C(=O)N[C@H](C(=O)NNC(=O)c1ccc([N+](=O)[O-])cc1)C(C)C. The van der Waals surface area contributed by atoms with E-state index in [4.69, 9.17) is 4.74 Å². The number of hydrogen-bond donors (Lipinski definition) is 3. The van der Waals surface area contributed by atoms with E-state index < -0.39 is 28.7 Å². The quantitative estimate of drug-likeness (QED) is 0.466. The van der Waals surface area contributed by atoms with Crippen LogP contribution in [0.1, 0.15) is 34.6 Å². The van der Waals surface area contributed by atoms with Gasteiger partial charge < -0.3 is 10.1 Å². The summed E-state index contributed by atoms with van der Waals surface area (Å²) >= 11 is 0. The Kier molecular flexibility index (Phi) is 7.45. The first-order valence-corrected chi connectivity index (χ1v) is 9.03. The monoisotopic (exact) mass is 414 g/mol. The number of nitrogens with one attached hydrogen (secondary N) is 3. The van der Waals surface area contributed by atoms with E-state index in [1.165, 1.54) is 31.4 Å². The summed E-state index contributed by atoms with van der Waals surface area (Å²) in [6, 6.07) is 10.6. The lowest BCUT2D eigenvalue weighted by atomic mass is 10.0. The number of nitro benzene ring substituents is 1. The number of carbonyl (C=O) groups is 3. The van der Waals surface area contributed by atoms with Crippen LogP contribution in [0, 0.1) is 16.0 Å². The van der Waals surface area contributed by atoms with Crippen LogP contribution in [0.2, 0.25) is 0 Å². The zero-order valence-corrected chi connectivity index (χ0v) is 16.7. The molecule has 2 aromatic rings.